The fourth-order valence-electron chi connectivity index (χ4n) is 3.67. The van der Waals surface area contributed by atoms with Gasteiger partial charge in [0.25, 0.3) is 0 Å². The van der Waals surface area contributed by atoms with Crippen LogP contribution in [0.25, 0.3) is 0 Å². The summed E-state index contributed by atoms with van der Waals surface area (Å²) in [7, 11) is 0. The molecule has 0 radical (unpaired) electrons. The number of nitrogens with zero attached hydrogens (tertiary/aromatic N) is 1. The fraction of sp³-hybridized carbons (Fsp3) is 0.0400. The van der Waals surface area contributed by atoms with Crippen LogP contribution in [0.15, 0.2) is 109 Å². The van der Waals surface area contributed by atoms with Crippen LogP contribution < -0.4 is 4.48 Å². The van der Waals surface area contributed by atoms with E-state index < -0.39 is 0 Å². The van der Waals surface area contributed by atoms with Crippen molar-refractivity contribution in [2.75, 3.05) is 0 Å². The monoisotopic (exact) mass is 404 g/mol. The molecule has 0 aliphatic rings. The topological polar surface area (TPSA) is 0 Å². The number of hydrogen-bond donors (Lipinski definition) is 0. The molecule has 0 atom stereocenters. The number of hydrogen-bond acceptors (Lipinski definition) is 0. The SMILES string of the molecule is Clc1ccc(C[N+](c2ccccc2)(c2ccccc2)c2ccccc2)c(Cl)c1. The Morgan fingerprint density at radius 1 is 0.536 bits per heavy atom. The Labute approximate surface area is 176 Å². The van der Waals surface area contributed by atoms with Crippen LogP contribution in [0.3, 0.4) is 0 Å². The summed E-state index contributed by atoms with van der Waals surface area (Å²) in [5, 5.41) is 1.32. The lowest BCUT2D eigenvalue weighted by molar-refractivity contribution is 0.512. The summed E-state index contributed by atoms with van der Waals surface area (Å²) in [4.78, 5) is 0. The minimum atomic E-state index is 0.532. The van der Waals surface area contributed by atoms with E-state index in [0.717, 1.165) is 5.56 Å². The van der Waals surface area contributed by atoms with Crippen molar-refractivity contribution in [2.24, 2.45) is 0 Å². The van der Waals surface area contributed by atoms with Gasteiger partial charge in [0.05, 0.1) is 5.02 Å². The maximum atomic E-state index is 6.60. The molecule has 0 heterocycles. The van der Waals surface area contributed by atoms with E-state index in [1.54, 1.807) is 0 Å². The molecule has 0 aromatic heterocycles. The van der Waals surface area contributed by atoms with Gasteiger partial charge in [-0.2, -0.15) is 0 Å². The zero-order valence-corrected chi connectivity index (χ0v) is 16.8. The largest absolute Gasteiger partial charge is 0.223 e. The Balaban J connectivity index is 2.01. The predicted molar refractivity (Wildman–Crippen MR) is 121 cm³/mol. The summed E-state index contributed by atoms with van der Waals surface area (Å²) < 4.78 is 0.532. The van der Waals surface area contributed by atoms with E-state index in [1.807, 2.05) is 36.4 Å². The molecule has 0 spiro atoms. The molecule has 3 heteroatoms. The standard InChI is InChI=1S/C25H20Cl2N/c26-21-17-16-20(25(27)18-21)19-28(22-10-4-1-5-11-22,23-12-6-2-7-13-23)24-14-8-3-9-15-24/h1-18H,19H2/q+1. The summed E-state index contributed by atoms with van der Waals surface area (Å²) in [6, 6.07) is 37.4. The molecule has 4 aromatic carbocycles. The molecule has 1 nitrogen and oxygen atoms in total. The van der Waals surface area contributed by atoms with Crippen molar-refractivity contribution in [2.45, 2.75) is 6.54 Å². The third-order valence-corrected chi connectivity index (χ3v) is 5.60. The Hall–Kier alpha value is -2.58. The van der Waals surface area contributed by atoms with Gasteiger partial charge in [-0.05, 0) is 48.5 Å². The first-order valence-corrected chi connectivity index (χ1v) is 9.94. The Bertz CT molecular complexity index is 951. The third-order valence-electron chi connectivity index (χ3n) is 5.01. The maximum Gasteiger partial charge on any atom is 0.143 e. The summed E-state index contributed by atoms with van der Waals surface area (Å²) in [6.45, 7) is 0.675. The number of halogens is 2. The normalized spacial score (nSPS) is 11.4. The Morgan fingerprint density at radius 3 is 1.36 bits per heavy atom. The van der Waals surface area contributed by atoms with E-state index in [0.29, 0.717) is 21.1 Å². The summed E-state index contributed by atoms with van der Waals surface area (Å²) in [5.41, 5.74) is 4.56. The highest BCUT2D eigenvalue weighted by Gasteiger charge is 2.37. The average molecular weight is 405 g/mol. The van der Waals surface area contributed by atoms with Crippen molar-refractivity contribution in [3.63, 3.8) is 0 Å². The molecule has 0 fully saturated rings. The predicted octanol–water partition coefficient (Wildman–Crippen LogP) is 8.16. The molecule has 0 bridgehead atoms. The van der Waals surface area contributed by atoms with Crippen molar-refractivity contribution in [3.8, 4) is 0 Å². The first kappa shape index (κ1) is 18.8. The van der Waals surface area contributed by atoms with Gasteiger partial charge in [0.1, 0.15) is 23.6 Å². The first-order valence-electron chi connectivity index (χ1n) is 9.19. The second-order valence-electron chi connectivity index (χ2n) is 6.71. The van der Waals surface area contributed by atoms with E-state index in [4.69, 9.17) is 23.2 Å². The summed E-state index contributed by atoms with van der Waals surface area (Å²) in [5.74, 6) is 0. The van der Waals surface area contributed by atoms with Gasteiger partial charge in [-0.3, -0.25) is 0 Å². The van der Waals surface area contributed by atoms with Crippen LogP contribution in [0.1, 0.15) is 5.56 Å². The van der Waals surface area contributed by atoms with Crippen molar-refractivity contribution >= 4 is 40.3 Å². The second-order valence-corrected chi connectivity index (χ2v) is 7.55. The lowest BCUT2D eigenvalue weighted by Gasteiger charge is -2.37. The zero-order valence-electron chi connectivity index (χ0n) is 15.3. The molecule has 0 aliphatic heterocycles. The van der Waals surface area contributed by atoms with Crippen molar-refractivity contribution in [1.82, 2.24) is 4.48 Å². The minimum Gasteiger partial charge on any atom is -0.223 e. The molecule has 0 N–H and O–H groups in total. The molecule has 0 saturated carbocycles. The van der Waals surface area contributed by atoms with E-state index in [2.05, 4.69) is 72.8 Å². The van der Waals surface area contributed by atoms with Gasteiger partial charge in [0.15, 0.2) is 0 Å². The molecule has 0 aliphatic carbocycles. The molecule has 0 unspecified atom stereocenters. The second kappa shape index (κ2) is 8.20. The highest BCUT2D eigenvalue weighted by Crippen LogP contribution is 2.46. The molecule has 0 saturated heterocycles. The average Bonchev–Trinajstić information content (AvgIpc) is 2.75. The van der Waals surface area contributed by atoms with Gasteiger partial charge in [0, 0.05) is 10.6 Å². The molecule has 138 valence electrons. The van der Waals surface area contributed by atoms with E-state index in [9.17, 15) is 0 Å². The first-order chi connectivity index (χ1) is 13.7. The molecule has 28 heavy (non-hydrogen) atoms. The highest BCUT2D eigenvalue weighted by molar-refractivity contribution is 6.35. The minimum absolute atomic E-state index is 0.532. The highest BCUT2D eigenvalue weighted by atomic mass is 35.5. The van der Waals surface area contributed by atoms with Gasteiger partial charge in [-0.15, -0.1) is 0 Å². The van der Waals surface area contributed by atoms with Gasteiger partial charge in [-0.25, -0.2) is 4.48 Å². The third kappa shape index (κ3) is 3.57. The van der Waals surface area contributed by atoms with Crippen molar-refractivity contribution < 1.29 is 0 Å². The molecule has 0 amide bonds. The van der Waals surface area contributed by atoms with Gasteiger partial charge >= 0.3 is 0 Å². The Kier molecular flexibility index (Phi) is 5.50. The van der Waals surface area contributed by atoms with Gasteiger partial charge in [0.2, 0.25) is 0 Å². The molecular formula is C25H20Cl2N+. The van der Waals surface area contributed by atoms with Crippen molar-refractivity contribution in [3.05, 3.63) is 125 Å². The van der Waals surface area contributed by atoms with Crippen molar-refractivity contribution in [1.29, 1.82) is 0 Å². The fourth-order valence-corrected chi connectivity index (χ4v) is 4.14. The van der Waals surface area contributed by atoms with E-state index in [1.165, 1.54) is 17.1 Å². The molecular weight excluding hydrogens is 385 g/mol. The van der Waals surface area contributed by atoms with Crippen LogP contribution in [0.5, 0.6) is 0 Å². The van der Waals surface area contributed by atoms with Gasteiger partial charge < -0.3 is 0 Å². The van der Waals surface area contributed by atoms with E-state index in [-0.39, 0.29) is 0 Å². The molecule has 4 aromatic rings. The van der Waals surface area contributed by atoms with Crippen LogP contribution >= 0.6 is 23.2 Å². The summed E-state index contributed by atoms with van der Waals surface area (Å²) >= 11 is 12.8. The number of quaternary nitrogens is 1. The Morgan fingerprint density at radius 2 is 0.964 bits per heavy atom. The smallest absolute Gasteiger partial charge is 0.143 e. The summed E-state index contributed by atoms with van der Waals surface area (Å²) in [6.07, 6.45) is 0. The van der Waals surface area contributed by atoms with Gasteiger partial charge in [-0.1, -0.05) is 83.9 Å². The molecule has 4 rings (SSSR count). The lowest BCUT2D eigenvalue weighted by Crippen LogP contribution is -2.38. The number of benzene rings is 4. The van der Waals surface area contributed by atoms with Crippen LogP contribution in [-0.2, 0) is 6.54 Å². The van der Waals surface area contributed by atoms with Crippen LogP contribution in [-0.4, -0.2) is 0 Å². The lowest BCUT2D eigenvalue weighted by atomic mass is 10.1. The van der Waals surface area contributed by atoms with Crippen LogP contribution in [0.2, 0.25) is 10.0 Å². The van der Waals surface area contributed by atoms with Crippen LogP contribution in [0.4, 0.5) is 17.1 Å². The zero-order chi connectivity index (χ0) is 19.4. The van der Waals surface area contributed by atoms with Crippen LogP contribution in [0, 0.1) is 0 Å². The van der Waals surface area contributed by atoms with E-state index >= 15 is 0 Å². The number of para-hydroxylation sites is 3. The number of rotatable bonds is 5. The quantitative estimate of drug-likeness (QED) is 0.294. The maximum absolute atomic E-state index is 6.60.